The molecule has 2 N–H and O–H groups in total. The molecule has 0 saturated carbocycles. The Morgan fingerprint density at radius 2 is 1.90 bits per heavy atom. The number of hydrogen-bond donors (Lipinski definition) is 1. The average molecular weight is 303 g/mol. The fraction of sp³-hybridized carbons (Fsp3) is 0.444. The molecule has 21 heavy (non-hydrogen) atoms. The number of benzene rings is 1. The molecule has 2 aromatic rings. The molecular formula is C18H25NOS. The van der Waals surface area contributed by atoms with Crippen LogP contribution in [0.4, 0.5) is 0 Å². The predicted octanol–water partition coefficient (Wildman–Crippen LogP) is 4.48. The first-order valence-corrected chi connectivity index (χ1v) is 8.49. The molecule has 2 rings (SSSR count). The quantitative estimate of drug-likeness (QED) is 0.818. The fourth-order valence-corrected chi connectivity index (χ4v) is 3.15. The molecule has 0 amide bonds. The largest absolute Gasteiger partial charge is 0.488 e. The molecule has 0 spiro atoms. The van der Waals surface area contributed by atoms with E-state index in [1.165, 1.54) is 20.9 Å². The van der Waals surface area contributed by atoms with Crippen LogP contribution in [0.25, 0.3) is 0 Å². The highest BCUT2D eigenvalue weighted by atomic mass is 32.1. The van der Waals surface area contributed by atoms with Crippen molar-refractivity contribution < 1.29 is 4.74 Å². The van der Waals surface area contributed by atoms with Crippen molar-refractivity contribution in [1.29, 1.82) is 0 Å². The van der Waals surface area contributed by atoms with Gasteiger partial charge in [0.05, 0.1) is 0 Å². The third kappa shape index (κ3) is 4.58. The maximum atomic E-state index is 6.10. The monoisotopic (exact) mass is 303 g/mol. The Balaban J connectivity index is 2.07. The standard InChI is InChI=1S/C18H25NOS/c1-4-15(19)11-14-10-13(3)6-9-18(14)20-12-17-8-7-16(5-2)21-17/h6-10,15H,4-5,11-12,19H2,1-3H3. The first-order chi connectivity index (χ1) is 10.1. The van der Waals surface area contributed by atoms with Gasteiger partial charge < -0.3 is 10.5 Å². The molecule has 114 valence electrons. The van der Waals surface area contributed by atoms with E-state index in [1.54, 1.807) is 0 Å². The second kappa shape index (κ2) is 7.62. The highest BCUT2D eigenvalue weighted by molar-refractivity contribution is 7.11. The van der Waals surface area contributed by atoms with Crippen LogP contribution in [-0.2, 0) is 19.4 Å². The molecule has 0 fully saturated rings. The number of rotatable bonds is 7. The van der Waals surface area contributed by atoms with Crippen molar-refractivity contribution in [2.24, 2.45) is 5.73 Å². The first-order valence-electron chi connectivity index (χ1n) is 7.67. The Labute approximate surface area is 132 Å². The SMILES string of the molecule is CCc1ccc(COc2ccc(C)cc2CC(N)CC)s1. The molecule has 0 aliphatic heterocycles. The zero-order valence-corrected chi connectivity index (χ0v) is 14.0. The van der Waals surface area contributed by atoms with Crippen molar-refractivity contribution in [2.75, 3.05) is 0 Å². The second-order valence-electron chi connectivity index (χ2n) is 5.49. The summed E-state index contributed by atoms with van der Waals surface area (Å²) in [4.78, 5) is 2.68. The van der Waals surface area contributed by atoms with Gasteiger partial charge in [-0.25, -0.2) is 0 Å². The van der Waals surface area contributed by atoms with Crippen molar-refractivity contribution in [3.8, 4) is 5.75 Å². The highest BCUT2D eigenvalue weighted by Gasteiger charge is 2.09. The lowest BCUT2D eigenvalue weighted by atomic mass is 10.0. The van der Waals surface area contributed by atoms with E-state index in [9.17, 15) is 0 Å². The van der Waals surface area contributed by atoms with Crippen LogP contribution in [0.1, 0.15) is 41.1 Å². The molecule has 0 bridgehead atoms. The van der Waals surface area contributed by atoms with Crippen LogP contribution in [0.5, 0.6) is 5.75 Å². The van der Waals surface area contributed by atoms with E-state index in [-0.39, 0.29) is 6.04 Å². The van der Waals surface area contributed by atoms with E-state index in [0.29, 0.717) is 6.61 Å². The average Bonchev–Trinajstić information content (AvgIpc) is 2.94. The Morgan fingerprint density at radius 1 is 1.14 bits per heavy atom. The van der Waals surface area contributed by atoms with Gasteiger partial charge in [-0.3, -0.25) is 0 Å². The summed E-state index contributed by atoms with van der Waals surface area (Å²) in [6.45, 7) is 7.05. The highest BCUT2D eigenvalue weighted by Crippen LogP contribution is 2.25. The van der Waals surface area contributed by atoms with Crippen LogP contribution in [0.2, 0.25) is 0 Å². The molecule has 1 aromatic carbocycles. The van der Waals surface area contributed by atoms with E-state index >= 15 is 0 Å². The lowest BCUT2D eigenvalue weighted by Crippen LogP contribution is -2.21. The van der Waals surface area contributed by atoms with Gasteiger partial charge in [0.15, 0.2) is 0 Å². The Kier molecular flexibility index (Phi) is 5.83. The van der Waals surface area contributed by atoms with Crippen molar-refractivity contribution in [2.45, 2.75) is 52.7 Å². The summed E-state index contributed by atoms with van der Waals surface area (Å²) in [6, 6.07) is 10.9. The van der Waals surface area contributed by atoms with Crippen molar-refractivity contribution in [1.82, 2.24) is 0 Å². The van der Waals surface area contributed by atoms with Crippen LogP contribution >= 0.6 is 11.3 Å². The lowest BCUT2D eigenvalue weighted by molar-refractivity contribution is 0.305. The molecule has 1 unspecified atom stereocenters. The number of nitrogens with two attached hydrogens (primary N) is 1. The molecule has 1 atom stereocenters. The Bertz CT molecular complexity index is 576. The van der Waals surface area contributed by atoms with Gasteiger partial charge in [0.2, 0.25) is 0 Å². The van der Waals surface area contributed by atoms with Gasteiger partial charge in [0, 0.05) is 15.8 Å². The molecule has 0 saturated heterocycles. The summed E-state index contributed by atoms with van der Waals surface area (Å²) in [5.74, 6) is 0.968. The third-order valence-corrected chi connectivity index (χ3v) is 4.86. The van der Waals surface area contributed by atoms with Gasteiger partial charge >= 0.3 is 0 Å². The Morgan fingerprint density at radius 3 is 2.57 bits per heavy atom. The van der Waals surface area contributed by atoms with Gasteiger partial charge in [0.1, 0.15) is 12.4 Å². The maximum Gasteiger partial charge on any atom is 0.123 e. The zero-order chi connectivity index (χ0) is 15.2. The van der Waals surface area contributed by atoms with E-state index in [1.807, 2.05) is 11.3 Å². The molecular weight excluding hydrogens is 278 g/mol. The van der Waals surface area contributed by atoms with Gasteiger partial charge in [0.25, 0.3) is 0 Å². The second-order valence-corrected chi connectivity index (χ2v) is 6.75. The van der Waals surface area contributed by atoms with Crippen LogP contribution in [0.3, 0.4) is 0 Å². The summed E-state index contributed by atoms with van der Waals surface area (Å²) in [6.07, 6.45) is 2.95. The van der Waals surface area contributed by atoms with E-state index < -0.39 is 0 Å². The summed E-state index contributed by atoms with van der Waals surface area (Å²) >= 11 is 1.83. The summed E-state index contributed by atoms with van der Waals surface area (Å²) in [7, 11) is 0. The molecule has 0 aliphatic carbocycles. The normalized spacial score (nSPS) is 12.4. The molecule has 1 heterocycles. The topological polar surface area (TPSA) is 35.2 Å². The Hall–Kier alpha value is -1.32. The van der Waals surface area contributed by atoms with E-state index in [4.69, 9.17) is 10.5 Å². The van der Waals surface area contributed by atoms with Crippen LogP contribution in [0, 0.1) is 6.92 Å². The van der Waals surface area contributed by atoms with Crippen LogP contribution in [0.15, 0.2) is 30.3 Å². The smallest absolute Gasteiger partial charge is 0.123 e. The minimum Gasteiger partial charge on any atom is -0.488 e. The van der Waals surface area contributed by atoms with E-state index in [2.05, 4.69) is 51.1 Å². The minimum atomic E-state index is 0.197. The first kappa shape index (κ1) is 16.1. The maximum absolute atomic E-state index is 6.10. The van der Waals surface area contributed by atoms with Crippen molar-refractivity contribution in [3.63, 3.8) is 0 Å². The van der Waals surface area contributed by atoms with Gasteiger partial charge in [-0.1, -0.05) is 31.5 Å². The minimum absolute atomic E-state index is 0.197. The lowest BCUT2D eigenvalue weighted by Gasteiger charge is -2.15. The van der Waals surface area contributed by atoms with Crippen LogP contribution in [-0.4, -0.2) is 6.04 Å². The third-order valence-electron chi connectivity index (χ3n) is 3.66. The number of aryl methyl sites for hydroxylation is 2. The molecule has 3 heteroatoms. The fourth-order valence-electron chi connectivity index (χ4n) is 2.27. The number of hydrogen-bond acceptors (Lipinski definition) is 3. The number of thiophene rings is 1. The molecule has 2 nitrogen and oxygen atoms in total. The van der Waals surface area contributed by atoms with Crippen molar-refractivity contribution >= 4 is 11.3 Å². The van der Waals surface area contributed by atoms with Gasteiger partial charge in [-0.2, -0.15) is 0 Å². The molecule has 1 aromatic heterocycles. The summed E-state index contributed by atoms with van der Waals surface area (Å²) in [5, 5.41) is 0. The predicted molar refractivity (Wildman–Crippen MR) is 91.2 cm³/mol. The summed E-state index contributed by atoms with van der Waals surface area (Å²) < 4.78 is 6.04. The van der Waals surface area contributed by atoms with E-state index in [0.717, 1.165) is 25.0 Å². The van der Waals surface area contributed by atoms with Gasteiger partial charge in [-0.15, -0.1) is 11.3 Å². The molecule has 0 aliphatic rings. The zero-order valence-electron chi connectivity index (χ0n) is 13.2. The van der Waals surface area contributed by atoms with Crippen molar-refractivity contribution in [3.05, 3.63) is 51.2 Å². The number of ether oxygens (including phenoxy) is 1. The van der Waals surface area contributed by atoms with Crippen LogP contribution < -0.4 is 10.5 Å². The summed E-state index contributed by atoms with van der Waals surface area (Å²) in [5.41, 5.74) is 8.57. The van der Waals surface area contributed by atoms with Gasteiger partial charge in [-0.05, 0) is 49.9 Å². The molecule has 0 radical (unpaired) electrons.